The highest BCUT2D eigenvalue weighted by Gasteiger charge is 2.37. The van der Waals surface area contributed by atoms with Crippen LogP contribution in [0.1, 0.15) is 11.1 Å². The molecule has 2 aromatic carbocycles. The third kappa shape index (κ3) is 4.59. The Bertz CT molecular complexity index is 1040. The minimum Gasteiger partial charge on any atom is -0.329 e. The second kappa shape index (κ2) is 8.24. The van der Waals surface area contributed by atoms with Gasteiger partial charge in [0.2, 0.25) is 5.95 Å². The van der Waals surface area contributed by atoms with E-state index in [-0.39, 0.29) is 11.8 Å². The molecule has 0 spiro atoms. The normalized spacial score (nSPS) is 11.1. The molecule has 3 rings (SSSR count). The van der Waals surface area contributed by atoms with Crippen LogP contribution in [-0.2, 0) is 6.18 Å². The number of nitriles is 1. The second-order valence-electron chi connectivity index (χ2n) is 6.16. The Kier molecular flexibility index (Phi) is 5.93. The van der Waals surface area contributed by atoms with E-state index in [1.807, 2.05) is 18.2 Å². The van der Waals surface area contributed by atoms with Gasteiger partial charge < -0.3 is 9.80 Å². The van der Waals surface area contributed by atoms with Gasteiger partial charge in [-0.25, -0.2) is 4.98 Å². The predicted octanol–water partition coefficient (Wildman–Crippen LogP) is 5.51. The van der Waals surface area contributed by atoms with Gasteiger partial charge in [-0.05, 0) is 71.1 Å². The highest BCUT2D eigenvalue weighted by atomic mass is 127. The van der Waals surface area contributed by atoms with Crippen molar-refractivity contribution in [2.45, 2.75) is 6.18 Å². The number of alkyl halides is 3. The van der Waals surface area contributed by atoms with Crippen molar-refractivity contribution in [3.05, 3.63) is 69.4 Å². The first kappa shape index (κ1) is 20.9. The third-order valence-corrected chi connectivity index (χ3v) is 5.00. The summed E-state index contributed by atoms with van der Waals surface area (Å²) in [4.78, 5) is 11.1. The number of hydrogen-bond acceptors (Lipinski definition) is 5. The molecule has 0 saturated carbocycles. The van der Waals surface area contributed by atoms with E-state index in [9.17, 15) is 13.2 Å². The van der Waals surface area contributed by atoms with Gasteiger partial charge in [-0.15, -0.1) is 0 Å². The lowest BCUT2D eigenvalue weighted by Gasteiger charge is -2.25. The Balaban J connectivity index is 2.05. The minimum absolute atomic E-state index is 0.107. The van der Waals surface area contributed by atoms with Crippen LogP contribution in [0.2, 0.25) is 0 Å². The summed E-state index contributed by atoms with van der Waals surface area (Å²) in [6.45, 7) is 0. The lowest BCUT2D eigenvalue weighted by molar-refractivity contribution is -0.137. The standard InChI is InChI=1S/C20H15F3IN5/c1-28(15-9-5-14(24)6-10-15)18-17(20(21,22)23)12-26-19(27-18)29(2)16-7-3-13(11-25)4-8-16/h3-10,12H,1-2H3. The van der Waals surface area contributed by atoms with Gasteiger partial charge in [0, 0.05) is 35.2 Å². The molecule has 1 aromatic heterocycles. The van der Waals surface area contributed by atoms with Crippen molar-refractivity contribution in [1.29, 1.82) is 5.26 Å². The number of benzene rings is 2. The lowest BCUT2D eigenvalue weighted by Crippen LogP contribution is -2.21. The first-order chi connectivity index (χ1) is 13.7. The zero-order chi connectivity index (χ0) is 21.2. The summed E-state index contributed by atoms with van der Waals surface area (Å²) in [5, 5.41) is 8.91. The number of nitrogens with zero attached hydrogens (tertiary/aromatic N) is 5. The van der Waals surface area contributed by atoms with Crippen molar-refractivity contribution in [2.24, 2.45) is 0 Å². The molecule has 9 heteroatoms. The van der Waals surface area contributed by atoms with E-state index in [1.54, 1.807) is 48.3 Å². The van der Waals surface area contributed by atoms with Gasteiger partial charge in [-0.3, -0.25) is 0 Å². The molecule has 0 radical (unpaired) electrons. The average molecular weight is 509 g/mol. The Labute approximate surface area is 179 Å². The summed E-state index contributed by atoms with van der Waals surface area (Å²) in [6, 6.07) is 15.7. The van der Waals surface area contributed by atoms with Crippen molar-refractivity contribution < 1.29 is 13.2 Å². The predicted molar refractivity (Wildman–Crippen MR) is 113 cm³/mol. The molecule has 0 unspecified atom stereocenters. The van der Waals surface area contributed by atoms with Crippen LogP contribution in [0.4, 0.5) is 36.3 Å². The van der Waals surface area contributed by atoms with Crippen molar-refractivity contribution in [3.8, 4) is 6.07 Å². The third-order valence-electron chi connectivity index (χ3n) is 4.28. The van der Waals surface area contributed by atoms with Gasteiger partial charge in [0.15, 0.2) is 5.82 Å². The summed E-state index contributed by atoms with van der Waals surface area (Å²) in [5.41, 5.74) is 0.776. The van der Waals surface area contributed by atoms with Crippen LogP contribution < -0.4 is 9.80 Å². The van der Waals surface area contributed by atoms with Crippen LogP contribution in [-0.4, -0.2) is 24.1 Å². The van der Waals surface area contributed by atoms with E-state index >= 15 is 0 Å². The average Bonchev–Trinajstić information content (AvgIpc) is 2.72. The molecule has 29 heavy (non-hydrogen) atoms. The SMILES string of the molecule is CN(c1ccc(C#N)cc1)c1ncc(C(F)(F)F)c(N(C)c2ccc(I)cc2)n1. The molecule has 0 aliphatic heterocycles. The van der Waals surface area contributed by atoms with E-state index in [2.05, 4.69) is 32.6 Å². The van der Waals surface area contributed by atoms with E-state index in [0.717, 1.165) is 9.77 Å². The quantitative estimate of drug-likeness (QED) is 0.435. The fourth-order valence-electron chi connectivity index (χ4n) is 2.64. The molecular formula is C20H15F3IN5. The summed E-state index contributed by atoms with van der Waals surface area (Å²) >= 11 is 2.13. The number of anilines is 4. The van der Waals surface area contributed by atoms with Crippen molar-refractivity contribution in [1.82, 2.24) is 9.97 Å². The van der Waals surface area contributed by atoms with Crippen molar-refractivity contribution in [2.75, 3.05) is 23.9 Å². The minimum atomic E-state index is -4.60. The van der Waals surface area contributed by atoms with Crippen LogP contribution >= 0.6 is 22.6 Å². The van der Waals surface area contributed by atoms with E-state index < -0.39 is 11.7 Å². The zero-order valence-corrected chi connectivity index (χ0v) is 17.6. The lowest BCUT2D eigenvalue weighted by atomic mass is 10.2. The van der Waals surface area contributed by atoms with E-state index in [1.165, 1.54) is 11.9 Å². The summed E-state index contributed by atoms with van der Waals surface area (Å²) in [5.74, 6) is -0.140. The second-order valence-corrected chi connectivity index (χ2v) is 7.40. The van der Waals surface area contributed by atoms with Crippen molar-refractivity contribution >= 4 is 45.7 Å². The van der Waals surface area contributed by atoms with Gasteiger partial charge in [0.1, 0.15) is 5.56 Å². The summed E-state index contributed by atoms with van der Waals surface area (Å²) in [6.07, 6.45) is -3.81. The van der Waals surface area contributed by atoms with Crippen LogP contribution in [0.5, 0.6) is 0 Å². The molecule has 0 aliphatic carbocycles. The fraction of sp³-hybridized carbons (Fsp3) is 0.150. The largest absolute Gasteiger partial charge is 0.421 e. The molecule has 5 nitrogen and oxygen atoms in total. The molecule has 1 heterocycles. The Morgan fingerprint density at radius 3 is 2.03 bits per heavy atom. The number of hydrogen-bond donors (Lipinski definition) is 0. The molecule has 0 aliphatic rings. The molecule has 0 N–H and O–H groups in total. The molecular weight excluding hydrogens is 494 g/mol. The molecule has 0 saturated heterocycles. The maximum absolute atomic E-state index is 13.6. The molecule has 0 bridgehead atoms. The van der Waals surface area contributed by atoms with Crippen molar-refractivity contribution in [3.63, 3.8) is 0 Å². The van der Waals surface area contributed by atoms with Crippen LogP contribution in [0, 0.1) is 14.9 Å². The number of aromatic nitrogens is 2. The first-order valence-corrected chi connectivity index (χ1v) is 9.46. The number of halogens is 4. The topological polar surface area (TPSA) is 56.1 Å². The highest BCUT2D eigenvalue weighted by Crippen LogP contribution is 2.38. The summed E-state index contributed by atoms with van der Waals surface area (Å²) < 4.78 is 41.7. The molecule has 0 amide bonds. The van der Waals surface area contributed by atoms with Gasteiger partial charge in [0.05, 0.1) is 11.6 Å². The van der Waals surface area contributed by atoms with Gasteiger partial charge >= 0.3 is 6.18 Å². The maximum Gasteiger partial charge on any atom is 0.421 e. The maximum atomic E-state index is 13.6. The van der Waals surface area contributed by atoms with Gasteiger partial charge in [0.25, 0.3) is 0 Å². The summed E-state index contributed by atoms with van der Waals surface area (Å²) in [7, 11) is 3.18. The molecule has 0 atom stereocenters. The Hall–Kier alpha value is -2.87. The van der Waals surface area contributed by atoms with Gasteiger partial charge in [-0.1, -0.05) is 0 Å². The molecule has 3 aromatic rings. The van der Waals surface area contributed by atoms with E-state index in [4.69, 9.17) is 5.26 Å². The fourth-order valence-corrected chi connectivity index (χ4v) is 3.00. The monoisotopic (exact) mass is 509 g/mol. The molecule has 148 valence electrons. The zero-order valence-electron chi connectivity index (χ0n) is 15.4. The molecule has 0 fully saturated rings. The smallest absolute Gasteiger partial charge is 0.329 e. The van der Waals surface area contributed by atoms with Crippen LogP contribution in [0.3, 0.4) is 0 Å². The van der Waals surface area contributed by atoms with E-state index in [0.29, 0.717) is 16.9 Å². The van der Waals surface area contributed by atoms with Crippen LogP contribution in [0.25, 0.3) is 0 Å². The Morgan fingerprint density at radius 1 is 0.931 bits per heavy atom. The number of rotatable bonds is 4. The van der Waals surface area contributed by atoms with Gasteiger partial charge in [-0.2, -0.15) is 23.4 Å². The Morgan fingerprint density at radius 2 is 1.48 bits per heavy atom. The van der Waals surface area contributed by atoms with Crippen LogP contribution in [0.15, 0.2) is 54.7 Å². The first-order valence-electron chi connectivity index (χ1n) is 8.38. The highest BCUT2D eigenvalue weighted by molar-refractivity contribution is 14.1.